The van der Waals surface area contributed by atoms with Gasteiger partial charge in [-0.3, -0.25) is 4.98 Å². The molecule has 1 aromatic rings. The molecular formula is C9H13FN2O3S. The summed E-state index contributed by atoms with van der Waals surface area (Å²) in [4.78, 5) is 3.64. The maximum absolute atomic E-state index is 12.6. The minimum atomic E-state index is -3.90. The van der Waals surface area contributed by atoms with Crippen molar-refractivity contribution in [2.45, 2.75) is 24.7 Å². The number of aliphatic hydroxyl groups is 1. The zero-order valence-electron chi connectivity index (χ0n) is 8.88. The van der Waals surface area contributed by atoms with Crippen molar-refractivity contribution in [2.24, 2.45) is 5.14 Å². The fraction of sp³-hybridized carbons (Fsp3) is 0.444. The van der Waals surface area contributed by atoms with Crippen molar-refractivity contribution in [3.05, 3.63) is 29.8 Å². The van der Waals surface area contributed by atoms with E-state index in [1.807, 2.05) is 0 Å². The van der Waals surface area contributed by atoms with Crippen LogP contribution in [-0.2, 0) is 15.6 Å². The van der Waals surface area contributed by atoms with Crippen LogP contribution in [0, 0.1) is 5.82 Å². The Kier molecular flexibility index (Phi) is 3.32. The van der Waals surface area contributed by atoms with Crippen LogP contribution in [0.25, 0.3) is 0 Å². The number of nitrogens with zero attached hydrogens (tertiary/aromatic N) is 1. The van der Waals surface area contributed by atoms with Gasteiger partial charge in [-0.05, 0) is 26.0 Å². The third-order valence-electron chi connectivity index (χ3n) is 2.53. The van der Waals surface area contributed by atoms with E-state index in [0.717, 1.165) is 12.3 Å². The summed E-state index contributed by atoms with van der Waals surface area (Å²) in [7, 11) is -3.90. The maximum Gasteiger partial charge on any atom is 0.214 e. The molecule has 0 saturated heterocycles. The molecule has 3 N–H and O–H groups in total. The minimum Gasteiger partial charge on any atom is -0.382 e. The fourth-order valence-electron chi connectivity index (χ4n) is 1.20. The van der Waals surface area contributed by atoms with E-state index < -0.39 is 26.7 Å². The summed E-state index contributed by atoms with van der Waals surface area (Å²) >= 11 is 0. The Morgan fingerprint density at radius 3 is 2.50 bits per heavy atom. The molecule has 1 heterocycles. The summed E-state index contributed by atoms with van der Waals surface area (Å²) in [5, 5.41) is 13.7. The second kappa shape index (κ2) is 4.08. The SMILES string of the molecule is C[C@H](C(C)(O)c1ccc(F)cn1)S(N)(=O)=O. The predicted molar refractivity (Wildman–Crippen MR) is 56.3 cm³/mol. The number of aromatic nitrogens is 1. The standard InChI is InChI=1S/C9H13FN2O3S/c1-6(16(11,14)15)9(2,13)8-4-3-7(10)5-12-8/h3-6,13H,1-2H3,(H2,11,14,15)/t6-,9?/m1/s1. The third kappa shape index (κ3) is 2.55. The largest absolute Gasteiger partial charge is 0.382 e. The van der Waals surface area contributed by atoms with Gasteiger partial charge in [0.1, 0.15) is 16.7 Å². The van der Waals surface area contributed by atoms with Gasteiger partial charge in [0.15, 0.2) is 0 Å². The van der Waals surface area contributed by atoms with Crippen LogP contribution in [-0.4, -0.2) is 23.8 Å². The van der Waals surface area contributed by atoms with Gasteiger partial charge >= 0.3 is 0 Å². The first-order chi connectivity index (χ1) is 7.15. The first-order valence-corrected chi connectivity index (χ1v) is 6.12. The summed E-state index contributed by atoms with van der Waals surface area (Å²) in [6.45, 7) is 2.53. The highest BCUT2D eigenvalue weighted by Gasteiger charge is 2.38. The number of hydrogen-bond acceptors (Lipinski definition) is 4. The normalized spacial score (nSPS) is 17.8. The van der Waals surface area contributed by atoms with Crippen LogP contribution in [0.1, 0.15) is 19.5 Å². The van der Waals surface area contributed by atoms with E-state index in [1.54, 1.807) is 0 Å². The average Bonchev–Trinajstić information content (AvgIpc) is 2.16. The van der Waals surface area contributed by atoms with Crippen molar-refractivity contribution in [1.29, 1.82) is 0 Å². The van der Waals surface area contributed by atoms with Gasteiger partial charge in [0, 0.05) is 0 Å². The molecule has 1 rings (SSSR count). The molecule has 5 nitrogen and oxygen atoms in total. The zero-order valence-corrected chi connectivity index (χ0v) is 9.70. The van der Waals surface area contributed by atoms with E-state index in [2.05, 4.69) is 4.98 Å². The Labute approximate surface area is 93.2 Å². The van der Waals surface area contributed by atoms with Gasteiger partial charge in [-0.25, -0.2) is 17.9 Å². The molecule has 0 aliphatic carbocycles. The number of nitrogens with two attached hydrogens (primary N) is 1. The summed E-state index contributed by atoms with van der Waals surface area (Å²) in [6, 6.07) is 2.31. The summed E-state index contributed by atoms with van der Waals surface area (Å²) in [6.07, 6.45) is 0.902. The van der Waals surface area contributed by atoms with Gasteiger partial charge in [-0.15, -0.1) is 0 Å². The first-order valence-electron chi connectivity index (χ1n) is 4.51. The molecule has 0 spiro atoms. The van der Waals surface area contributed by atoms with Gasteiger partial charge in [-0.1, -0.05) is 0 Å². The molecule has 7 heteroatoms. The molecule has 0 saturated carbocycles. The molecule has 0 amide bonds. The van der Waals surface area contributed by atoms with E-state index in [1.165, 1.54) is 19.9 Å². The Morgan fingerprint density at radius 1 is 1.56 bits per heavy atom. The molecule has 0 bridgehead atoms. The van der Waals surface area contributed by atoms with Gasteiger partial charge < -0.3 is 5.11 Å². The number of hydrogen-bond donors (Lipinski definition) is 2. The van der Waals surface area contributed by atoms with Crippen LogP contribution in [0.15, 0.2) is 18.3 Å². The van der Waals surface area contributed by atoms with Gasteiger partial charge in [0.25, 0.3) is 0 Å². The molecule has 0 aliphatic heterocycles. The van der Waals surface area contributed by atoms with E-state index in [9.17, 15) is 17.9 Å². The molecule has 0 radical (unpaired) electrons. The molecule has 1 unspecified atom stereocenters. The van der Waals surface area contributed by atoms with Crippen LogP contribution >= 0.6 is 0 Å². The van der Waals surface area contributed by atoms with Crippen molar-refractivity contribution in [3.8, 4) is 0 Å². The van der Waals surface area contributed by atoms with E-state index in [-0.39, 0.29) is 5.69 Å². The second-order valence-electron chi connectivity index (χ2n) is 3.74. The summed E-state index contributed by atoms with van der Waals surface area (Å²) in [5.41, 5.74) is -1.71. The monoisotopic (exact) mass is 248 g/mol. The lowest BCUT2D eigenvalue weighted by Gasteiger charge is -2.27. The number of halogens is 1. The lowest BCUT2D eigenvalue weighted by molar-refractivity contribution is 0.0518. The maximum atomic E-state index is 12.6. The van der Waals surface area contributed by atoms with Gasteiger partial charge in [0.2, 0.25) is 10.0 Å². The molecule has 90 valence electrons. The van der Waals surface area contributed by atoms with Crippen molar-refractivity contribution < 1.29 is 17.9 Å². The fourth-order valence-corrected chi connectivity index (χ4v) is 1.96. The second-order valence-corrected chi connectivity index (χ2v) is 5.63. The van der Waals surface area contributed by atoms with Crippen molar-refractivity contribution in [1.82, 2.24) is 4.98 Å². The highest BCUT2D eigenvalue weighted by molar-refractivity contribution is 7.89. The summed E-state index contributed by atoms with van der Waals surface area (Å²) < 4.78 is 34.9. The molecular weight excluding hydrogens is 235 g/mol. The van der Waals surface area contributed by atoms with Gasteiger partial charge in [-0.2, -0.15) is 0 Å². The number of primary sulfonamides is 1. The highest BCUT2D eigenvalue weighted by atomic mass is 32.2. The molecule has 16 heavy (non-hydrogen) atoms. The molecule has 1 aromatic heterocycles. The molecule has 0 aliphatic rings. The van der Waals surface area contributed by atoms with Crippen LogP contribution < -0.4 is 5.14 Å². The Morgan fingerprint density at radius 2 is 2.12 bits per heavy atom. The van der Waals surface area contributed by atoms with Crippen molar-refractivity contribution >= 4 is 10.0 Å². The first kappa shape index (κ1) is 13.0. The summed E-state index contributed by atoms with van der Waals surface area (Å²) in [5.74, 6) is -0.567. The highest BCUT2D eigenvalue weighted by Crippen LogP contribution is 2.26. The zero-order chi connectivity index (χ0) is 12.6. The Bertz CT molecular complexity index is 470. The van der Waals surface area contributed by atoms with E-state index in [0.29, 0.717) is 0 Å². The molecule has 0 fully saturated rings. The molecule has 2 atom stereocenters. The third-order valence-corrected chi connectivity index (χ3v) is 3.97. The average molecular weight is 248 g/mol. The van der Waals surface area contributed by atoms with Crippen LogP contribution in [0.4, 0.5) is 4.39 Å². The Balaban J connectivity index is 3.16. The number of pyridine rings is 1. The topological polar surface area (TPSA) is 93.3 Å². The van der Waals surface area contributed by atoms with E-state index in [4.69, 9.17) is 5.14 Å². The lowest BCUT2D eigenvalue weighted by atomic mass is 9.98. The minimum absolute atomic E-state index is 0.0513. The number of sulfonamides is 1. The van der Waals surface area contributed by atoms with Crippen molar-refractivity contribution in [3.63, 3.8) is 0 Å². The quantitative estimate of drug-likeness (QED) is 0.793. The predicted octanol–water partition coefficient (Wildman–Crippen LogP) is 0.105. The van der Waals surface area contributed by atoms with Crippen LogP contribution in [0.3, 0.4) is 0 Å². The smallest absolute Gasteiger partial charge is 0.214 e. The van der Waals surface area contributed by atoms with E-state index >= 15 is 0 Å². The van der Waals surface area contributed by atoms with Crippen LogP contribution in [0.2, 0.25) is 0 Å². The Hall–Kier alpha value is -1.05. The van der Waals surface area contributed by atoms with Crippen molar-refractivity contribution in [2.75, 3.05) is 0 Å². The van der Waals surface area contributed by atoms with Gasteiger partial charge in [0.05, 0.1) is 11.9 Å². The number of rotatable bonds is 3. The van der Waals surface area contributed by atoms with Crippen LogP contribution in [0.5, 0.6) is 0 Å². The lowest BCUT2D eigenvalue weighted by Crippen LogP contribution is -2.43. The molecule has 0 aromatic carbocycles.